The van der Waals surface area contributed by atoms with E-state index in [2.05, 4.69) is 49.6 Å². The van der Waals surface area contributed by atoms with Crippen LogP contribution in [0.3, 0.4) is 0 Å². The van der Waals surface area contributed by atoms with Gasteiger partial charge in [0.1, 0.15) is 11.8 Å². The number of rotatable bonds is 6. The van der Waals surface area contributed by atoms with Crippen LogP contribution in [0.1, 0.15) is 74.3 Å². The second-order valence-electron chi connectivity index (χ2n) is 11.8. The second-order valence-corrected chi connectivity index (χ2v) is 11.8. The van der Waals surface area contributed by atoms with E-state index in [1.54, 1.807) is 7.11 Å². The van der Waals surface area contributed by atoms with Gasteiger partial charge in [-0.25, -0.2) is 0 Å². The third kappa shape index (κ3) is 5.07. The van der Waals surface area contributed by atoms with Gasteiger partial charge in [0.2, 0.25) is 5.91 Å². The maximum atomic E-state index is 13.5. The van der Waals surface area contributed by atoms with Gasteiger partial charge >= 0.3 is 0 Å². The van der Waals surface area contributed by atoms with Crippen molar-refractivity contribution in [2.45, 2.75) is 77.5 Å². The highest BCUT2D eigenvalue weighted by Crippen LogP contribution is 2.47. The van der Waals surface area contributed by atoms with E-state index in [9.17, 15) is 10.1 Å². The van der Waals surface area contributed by atoms with Crippen LogP contribution < -0.4 is 9.64 Å². The average Bonchev–Trinajstić information content (AvgIpc) is 3.72. The zero-order valence-corrected chi connectivity index (χ0v) is 22.8. The van der Waals surface area contributed by atoms with E-state index in [0.717, 1.165) is 42.1 Å². The molecule has 1 saturated carbocycles. The molecule has 2 aromatic rings. The minimum atomic E-state index is -0.276. The highest BCUT2D eigenvalue weighted by molar-refractivity contribution is 5.80. The fourth-order valence-electron chi connectivity index (χ4n) is 6.05. The predicted octanol–water partition coefficient (Wildman–Crippen LogP) is 5.21. The number of para-hydroxylation sites is 1. The van der Waals surface area contributed by atoms with E-state index in [1.165, 1.54) is 29.5 Å². The Labute approximate surface area is 221 Å². The lowest BCUT2D eigenvalue weighted by Gasteiger charge is -2.45. The van der Waals surface area contributed by atoms with Gasteiger partial charge in [-0.15, -0.1) is 0 Å². The van der Waals surface area contributed by atoms with E-state index in [1.807, 2.05) is 24.3 Å². The van der Waals surface area contributed by atoms with Crippen molar-refractivity contribution in [2.24, 2.45) is 5.92 Å². The molecule has 3 aliphatic rings. The number of fused-ring (bicyclic) bond motifs is 1. The minimum absolute atomic E-state index is 0.0719. The molecule has 1 unspecified atom stereocenters. The number of nitriles is 1. The number of amides is 1. The third-order valence-electron chi connectivity index (χ3n) is 8.28. The molecule has 6 nitrogen and oxygen atoms in total. The minimum Gasteiger partial charge on any atom is -0.496 e. The quantitative estimate of drug-likeness (QED) is 0.544. The zero-order valence-electron chi connectivity index (χ0n) is 22.8. The van der Waals surface area contributed by atoms with Crippen LogP contribution >= 0.6 is 0 Å². The molecule has 5 rings (SSSR count). The van der Waals surface area contributed by atoms with Crippen molar-refractivity contribution in [1.82, 2.24) is 4.90 Å². The number of anilines is 1. The summed E-state index contributed by atoms with van der Waals surface area (Å²) >= 11 is 0. The van der Waals surface area contributed by atoms with E-state index >= 15 is 0 Å². The fourth-order valence-corrected chi connectivity index (χ4v) is 6.05. The standard InChI is InChI=1S/C31H39N3O3/c1-20(2)28-18-33(12-13-34(28)30(35)14-22-8-6-7-9-29(22)36-5)27-15-23(21-10-11-21)26-19-37-31(3,4)16-24(26)25(27)17-32/h6-9,15,20-21,28H,10-14,16,18-19H2,1-5H3. The van der Waals surface area contributed by atoms with Gasteiger partial charge in [-0.2, -0.15) is 5.26 Å². The predicted molar refractivity (Wildman–Crippen MR) is 145 cm³/mol. The summed E-state index contributed by atoms with van der Waals surface area (Å²) in [5, 5.41) is 10.4. The Morgan fingerprint density at radius 2 is 1.97 bits per heavy atom. The molecule has 1 aliphatic carbocycles. The molecule has 37 heavy (non-hydrogen) atoms. The Bertz CT molecular complexity index is 1220. The summed E-state index contributed by atoms with van der Waals surface area (Å²) in [7, 11) is 1.65. The Morgan fingerprint density at radius 3 is 2.65 bits per heavy atom. The van der Waals surface area contributed by atoms with E-state index in [4.69, 9.17) is 9.47 Å². The van der Waals surface area contributed by atoms with Crippen LogP contribution in [0.4, 0.5) is 5.69 Å². The normalized spacial score (nSPS) is 20.9. The molecule has 2 aliphatic heterocycles. The molecule has 0 N–H and O–H groups in total. The molecule has 0 radical (unpaired) electrons. The number of benzene rings is 2. The monoisotopic (exact) mass is 501 g/mol. The molecule has 1 atom stereocenters. The number of methoxy groups -OCH3 is 1. The lowest BCUT2D eigenvalue weighted by atomic mass is 9.83. The smallest absolute Gasteiger partial charge is 0.227 e. The third-order valence-corrected chi connectivity index (χ3v) is 8.28. The van der Waals surface area contributed by atoms with Crippen molar-refractivity contribution < 1.29 is 14.3 Å². The number of hydrogen-bond acceptors (Lipinski definition) is 5. The highest BCUT2D eigenvalue weighted by Gasteiger charge is 2.38. The molecule has 0 bridgehead atoms. The molecule has 1 amide bonds. The van der Waals surface area contributed by atoms with Gasteiger partial charge in [0, 0.05) is 31.6 Å². The first kappa shape index (κ1) is 25.6. The first-order valence-corrected chi connectivity index (χ1v) is 13.6. The average molecular weight is 502 g/mol. The largest absolute Gasteiger partial charge is 0.496 e. The van der Waals surface area contributed by atoms with Gasteiger partial charge in [0.25, 0.3) is 0 Å². The Balaban J connectivity index is 1.44. The van der Waals surface area contributed by atoms with Gasteiger partial charge in [-0.3, -0.25) is 4.79 Å². The van der Waals surface area contributed by atoms with Crippen LogP contribution in [0, 0.1) is 17.2 Å². The summed E-state index contributed by atoms with van der Waals surface area (Å²) in [6.45, 7) is 11.3. The van der Waals surface area contributed by atoms with Crippen molar-refractivity contribution in [2.75, 3.05) is 31.6 Å². The zero-order chi connectivity index (χ0) is 26.3. The summed E-state index contributed by atoms with van der Waals surface area (Å²) in [5.41, 5.74) is 6.27. The molecule has 2 fully saturated rings. The van der Waals surface area contributed by atoms with Crippen LogP contribution in [-0.2, 0) is 29.0 Å². The van der Waals surface area contributed by atoms with E-state index < -0.39 is 0 Å². The topological polar surface area (TPSA) is 65.8 Å². The summed E-state index contributed by atoms with van der Waals surface area (Å²) in [4.78, 5) is 17.9. The number of carbonyl (C=O) groups excluding carboxylic acids is 1. The molecular weight excluding hydrogens is 462 g/mol. The van der Waals surface area contributed by atoms with Crippen molar-refractivity contribution in [3.63, 3.8) is 0 Å². The number of piperazine rings is 1. The van der Waals surface area contributed by atoms with E-state index in [0.29, 0.717) is 31.4 Å². The second kappa shape index (κ2) is 10.0. The number of carbonyl (C=O) groups is 1. The van der Waals surface area contributed by atoms with Crippen LogP contribution in [0.15, 0.2) is 30.3 Å². The van der Waals surface area contributed by atoms with Crippen molar-refractivity contribution in [3.05, 3.63) is 58.1 Å². The SMILES string of the molecule is COc1ccccc1CC(=O)N1CCN(c2cc(C3CC3)c3c(c2C#N)CC(C)(C)OC3)CC1C(C)C. The maximum absolute atomic E-state index is 13.5. The lowest BCUT2D eigenvalue weighted by Crippen LogP contribution is -2.57. The Hall–Kier alpha value is -3.04. The molecule has 1 saturated heterocycles. The van der Waals surface area contributed by atoms with Gasteiger partial charge < -0.3 is 19.3 Å². The van der Waals surface area contributed by atoms with Crippen molar-refractivity contribution in [1.29, 1.82) is 5.26 Å². The first-order valence-electron chi connectivity index (χ1n) is 13.6. The molecule has 0 spiro atoms. The molecule has 2 aromatic carbocycles. The molecule has 6 heteroatoms. The number of nitrogens with zero attached hydrogens (tertiary/aromatic N) is 3. The van der Waals surface area contributed by atoms with Gasteiger partial charge in [0.15, 0.2) is 0 Å². The van der Waals surface area contributed by atoms with Crippen LogP contribution in [0.2, 0.25) is 0 Å². The van der Waals surface area contributed by atoms with Crippen LogP contribution in [-0.4, -0.2) is 49.2 Å². The highest BCUT2D eigenvalue weighted by atomic mass is 16.5. The summed E-state index contributed by atoms with van der Waals surface area (Å²) in [6, 6.07) is 12.7. The van der Waals surface area contributed by atoms with Crippen molar-refractivity contribution >= 4 is 11.6 Å². The van der Waals surface area contributed by atoms with Gasteiger partial charge in [0.05, 0.1) is 43.0 Å². The summed E-state index contributed by atoms with van der Waals surface area (Å²) in [6.07, 6.45) is 3.50. The number of hydrogen-bond donors (Lipinski definition) is 0. The van der Waals surface area contributed by atoms with Crippen LogP contribution in [0.5, 0.6) is 5.75 Å². The molecular formula is C31H39N3O3. The first-order chi connectivity index (χ1) is 17.7. The Morgan fingerprint density at radius 1 is 1.22 bits per heavy atom. The summed E-state index contributed by atoms with van der Waals surface area (Å²) < 4.78 is 11.7. The maximum Gasteiger partial charge on any atom is 0.227 e. The van der Waals surface area contributed by atoms with Gasteiger partial charge in [-0.05, 0) is 67.3 Å². The fraction of sp³-hybridized carbons (Fsp3) is 0.548. The Kier molecular flexibility index (Phi) is 6.93. The van der Waals surface area contributed by atoms with Gasteiger partial charge in [-0.1, -0.05) is 32.0 Å². The van der Waals surface area contributed by atoms with E-state index in [-0.39, 0.29) is 17.6 Å². The summed E-state index contributed by atoms with van der Waals surface area (Å²) in [5.74, 6) is 1.76. The molecule has 0 aromatic heterocycles. The van der Waals surface area contributed by atoms with Crippen molar-refractivity contribution in [3.8, 4) is 11.8 Å². The van der Waals surface area contributed by atoms with Crippen LogP contribution in [0.25, 0.3) is 0 Å². The molecule has 196 valence electrons. The lowest BCUT2D eigenvalue weighted by molar-refractivity contribution is -0.134. The number of ether oxygens (including phenoxy) is 2. The molecule has 2 heterocycles.